The molecule has 0 atom stereocenters. The Bertz CT molecular complexity index is 156. The third-order valence-electron chi connectivity index (χ3n) is 0. The van der Waals surface area contributed by atoms with Crippen LogP contribution in [0.3, 0.4) is 0 Å². The second kappa shape index (κ2) is 32.8. The number of halogens is 5. The molecule has 0 N–H and O–H groups in total. The van der Waals surface area contributed by atoms with E-state index in [9.17, 15) is 0 Å². The van der Waals surface area contributed by atoms with Crippen molar-refractivity contribution < 1.29 is 53.5 Å². The minimum Gasteiger partial charge on any atom is 2.00 e. The molecule has 0 saturated heterocycles. The summed E-state index contributed by atoms with van der Waals surface area (Å²) in [6, 6.07) is 0. The fraction of sp³-hybridized carbons (Fsp3) is 0.688. The molecule has 0 aliphatic heterocycles. The summed E-state index contributed by atoms with van der Waals surface area (Å²) in [5, 5.41) is 0. The first kappa shape index (κ1) is 57.9. The summed E-state index contributed by atoms with van der Waals surface area (Å²) in [6.07, 6.45) is 0. The van der Waals surface area contributed by atoms with Crippen molar-refractivity contribution in [3.8, 4) is 0 Å². The van der Waals surface area contributed by atoms with Gasteiger partial charge in [-0.2, -0.15) is 13.8 Å². The maximum atomic E-state index is 5.05. The Kier molecular flexibility index (Phi) is 70.3. The maximum absolute atomic E-state index is 5.05. The van der Waals surface area contributed by atoms with Gasteiger partial charge in [-0.1, -0.05) is 58.9 Å². The first-order valence-corrected chi connectivity index (χ1v) is 36.7. The molecule has 0 radical (unpaired) electrons. The van der Waals surface area contributed by atoms with Gasteiger partial charge in [0, 0.05) is 0 Å². The Hall–Kier alpha value is 4.61. The van der Waals surface area contributed by atoms with Gasteiger partial charge in [0.25, 0.3) is 0 Å². The SMILES string of the molecule is [CH2-]C.[CH2-]C.[CH2-][Si](C)(C)C.[CH2-][Si](C)(C)C.[CH2-][Si](C)(C)C.[Cl-].[Cl][Hf]([Cl])([Cl])[Cl].[Hf+4].[Mg+2]. The first-order valence-electron chi connectivity index (χ1n) is 7.73. The van der Waals surface area contributed by atoms with Crippen LogP contribution in [-0.4, -0.2) is 47.3 Å². The van der Waals surface area contributed by atoms with E-state index in [2.05, 4.69) is 92.4 Å². The third kappa shape index (κ3) is 1180. The summed E-state index contributed by atoms with van der Waals surface area (Å²) >= 11 is -3.39. The van der Waals surface area contributed by atoms with Crippen LogP contribution in [0.1, 0.15) is 13.8 Å². The molecule has 0 bridgehead atoms. The van der Waals surface area contributed by atoms with Crippen molar-refractivity contribution in [3.05, 3.63) is 33.5 Å². The van der Waals surface area contributed by atoms with Gasteiger partial charge in [-0.25, -0.2) is 0 Å². The summed E-state index contributed by atoms with van der Waals surface area (Å²) in [6.45, 7) is 41.7. The van der Waals surface area contributed by atoms with Gasteiger partial charge in [0.2, 0.25) is 0 Å². The van der Waals surface area contributed by atoms with Crippen LogP contribution >= 0.6 is 34.3 Å². The van der Waals surface area contributed by atoms with Crippen LogP contribution in [0.2, 0.25) is 58.9 Å². The zero-order valence-electron chi connectivity index (χ0n) is 19.6. The second-order valence-corrected chi connectivity index (χ2v) is 54.6. The topological polar surface area (TPSA) is 0 Å². The van der Waals surface area contributed by atoms with Crippen molar-refractivity contribution in [1.29, 1.82) is 0 Å². The zero-order valence-corrected chi connectivity index (χ0v) is 35.0. The summed E-state index contributed by atoms with van der Waals surface area (Å²) in [7, 11) is 17.6. The van der Waals surface area contributed by atoms with Crippen molar-refractivity contribution in [2.24, 2.45) is 0 Å². The van der Waals surface area contributed by atoms with Gasteiger partial charge in [-0.05, 0) is 0 Å². The van der Waals surface area contributed by atoms with Crippen molar-refractivity contribution in [3.63, 3.8) is 0 Å². The minimum atomic E-state index is -3.39. The van der Waals surface area contributed by atoms with Gasteiger partial charge < -0.3 is 45.9 Å². The van der Waals surface area contributed by atoms with E-state index >= 15 is 0 Å². The van der Waals surface area contributed by atoms with Crippen LogP contribution < -0.4 is 12.4 Å². The Morgan fingerprint density at radius 2 is 0.519 bits per heavy atom. The minimum absolute atomic E-state index is 0. The monoisotopic (exact) mass is 878 g/mol. The Labute approximate surface area is 237 Å². The van der Waals surface area contributed by atoms with Gasteiger partial charge in [0.05, 0.1) is 0 Å². The van der Waals surface area contributed by atoms with E-state index in [1.807, 2.05) is 0 Å². The molecular weight excluding hydrogens is 835 g/mol. The van der Waals surface area contributed by atoms with Gasteiger partial charge in [0.1, 0.15) is 0 Å². The van der Waals surface area contributed by atoms with Crippen molar-refractivity contribution in [1.82, 2.24) is 0 Å². The van der Waals surface area contributed by atoms with Crippen LogP contribution in [-0.2, 0) is 41.1 Å². The molecular formula is C16H43Cl5Hf2MgSi3. The quantitative estimate of drug-likeness (QED) is 0.203. The molecule has 0 nitrogen and oxygen atoms in total. The van der Waals surface area contributed by atoms with Gasteiger partial charge in [0.15, 0.2) is 0 Å². The summed E-state index contributed by atoms with van der Waals surface area (Å²) < 4.78 is 0. The normalized spacial score (nSPS) is 9.33. The van der Waals surface area contributed by atoms with Crippen molar-refractivity contribution in [2.45, 2.75) is 72.8 Å². The molecule has 0 spiro atoms. The largest absolute Gasteiger partial charge is 4.00 e. The predicted molar refractivity (Wildman–Crippen MR) is 137 cm³/mol. The third-order valence-corrected chi connectivity index (χ3v) is 0. The van der Waals surface area contributed by atoms with Crippen LogP contribution in [0.25, 0.3) is 0 Å². The van der Waals surface area contributed by atoms with Crippen LogP contribution in [0.4, 0.5) is 0 Å². The molecule has 0 aromatic heterocycles. The molecule has 0 fully saturated rings. The predicted octanol–water partition coefficient (Wildman–Crippen LogP) is 6.15. The second-order valence-electron chi connectivity index (χ2n) is 8.11. The fourth-order valence-corrected chi connectivity index (χ4v) is 0. The Morgan fingerprint density at radius 1 is 0.519 bits per heavy atom. The summed E-state index contributed by atoms with van der Waals surface area (Å²) in [4.78, 5) is 0. The standard InChI is InChI=1S/3C4H11Si.2C2H5.5ClH.2Hf.Mg/c3*1-5(2,3)4;2*1-2;;;;;;;;/h3*1H2,2-4H3;2*1H2,2H3;5*1H;;;/q5*-1;;;;;;2*+4;+2/p-5. The molecule has 11 heteroatoms. The molecule has 0 heterocycles. The maximum Gasteiger partial charge on any atom is 4.00 e. The van der Waals surface area contributed by atoms with Crippen LogP contribution in [0, 0.1) is 33.5 Å². The average molecular weight is 878 g/mol. The molecule has 0 rings (SSSR count). The fourth-order valence-electron chi connectivity index (χ4n) is 0. The molecule has 27 heavy (non-hydrogen) atoms. The first-order chi connectivity index (χ1) is 10.0. The zero-order chi connectivity index (χ0) is 22.0. The Morgan fingerprint density at radius 3 is 0.519 bits per heavy atom. The van der Waals surface area contributed by atoms with Gasteiger partial charge >= 0.3 is 98.4 Å². The van der Waals surface area contributed by atoms with Crippen LogP contribution in [0.5, 0.6) is 0 Å². The van der Waals surface area contributed by atoms with Crippen molar-refractivity contribution in [2.75, 3.05) is 0 Å². The van der Waals surface area contributed by atoms with Crippen molar-refractivity contribution >= 4 is 81.6 Å². The molecule has 0 amide bonds. The Balaban J connectivity index is -0.0000000208. The molecule has 0 saturated carbocycles. The summed E-state index contributed by atoms with van der Waals surface area (Å²) in [5.74, 6) is 0. The van der Waals surface area contributed by atoms with E-state index in [0.717, 1.165) is 0 Å². The van der Waals surface area contributed by atoms with E-state index in [1.165, 1.54) is 0 Å². The average Bonchev–Trinajstić information content (AvgIpc) is 2.12. The molecule has 0 aromatic carbocycles. The summed E-state index contributed by atoms with van der Waals surface area (Å²) in [5.41, 5.74) is 0. The van der Waals surface area contributed by atoms with E-state index in [0.29, 0.717) is 0 Å². The molecule has 0 aromatic rings. The molecule has 164 valence electrons. The number of rotatable bonds is 0. The van der Waals surface area contributed by atoms with E-state index in [-0.39, 0.29) is 61.3 Å². The number of hydrogen-bond donors (Lipinski definition) is 0. The molecule has 0 aliphatic rings. The van der Waals surface area contributed by atoms with Gasteiger partial charge in [-0.15, -0.1) is 24.2 Å². The van der Waals surface area contributed by atoms with Gasteiger partial charge in [-0.3, -0.25) is 0 Å². The smallest absolute Gasteiger partial charge is 2.00 e. The number of hydrogen-bond acceptors (Lipinski definition) is 0. The molecule has 0 aliphatic carbocycles. The van der Waals surface area contributed by atoms with E-state index < -0.39 is 39.5 Å². The van der Waals surface area contributed by atoms with E-state index in [4.69, 9.17) is 34.3 Å². The van der Waals surface area contributed by atoms with Crippen LogP contribution in [0.15, 0.2) is 0 Å². The van der Waals surface area contributed by atoms with E-state index in [1.54, 1.807) is 13.8 Å². The molecule has 0 unspecified atom stereocenters.